The van der Waals surface area contributed by atoms with Gasteiger partial charge in [0.1, 0.15) is 5.37 Å². The second-order valence-electron chi connectivity index (χ2n) is 7.19. The van der Waals surface area contributed by atoms with Crippen molar-refractivity contribution in [2.24, 2.45) is 0 Å². The van der Waals surface area contributed by atoms with Crippen LogP contribution in [0.2, 0.25) is 10.0 Å². The van der Waals surface area contributed by atoms with Crippen LogP contribution in [0.4, 0.5) is 5.69 Å². The van der Waals surface area contributed by atoms with E-state index in [1.165, 1.54) is 5.56 Å². The van der Waals surface area contributed by atoms with Crippen LogP contribution in [0.15, 0.2) is 72.8 Å². The van der Waals surface area contributed by atoms with Gasteiger partial charge in [-0.2, -0.15) is 0 Å². The fourth-order valence-corrected chi connectivity index (χ4v) is 5.01. The topological polar surface area (TPSA) is 49.4 Å². The number of rotatable bonds is 6. The number of carbonyl (C=O) groups excluding carboxylic acids is 2. The molecule has 3 aromatic carbocycles. The SMILES string of the molecule is O=C(Nc1cc(Cl)ccc1Cl)c1ccc([C@H]2SCC(=O)N2CCc2ccccc2)cc1. The maximum absolute atomic E-state index is 12.6. The minimum absolute atomic E-state index is 0.0457. The Hall–Kier alpha value is -2.47. The lowest BCUT2D eigenvalue weighted by Crippen LogP contribution is -2.30. The highest BCUT2D eigenvalue weighted by Gasteiger charge is 2.32. The first-order valence-electron chi connectivity index (χ1n) is 9.82. The minimum atomic E-state index is -0.271. The van der Waals surface area contributed by atoms with E-state index >= 15 is 0 Å². The van der Waals surface area contributed by atoms with Crippen LogP contribution >= 0.6 is 35.0 Å². The monoisotopic (exact) mass is 470 g/mol. The molecular weight excluding hydrogens is 451 g/mol. The van der Waals surface area contributed by atoms with Crippen molar-refractivity contribution in [1.82, 2.24) is 4.90 Å². The number of hydrogen-bond acceptors (Lipinski definition) is 3. The van der Waals surface area contributed by atoms with Crippen LogP contribution in [-0.4, -0.2) is 29.0 Å². The van der Waals surface area contributed by atoms with Gasteiger partial charge in [-0.3, -0.25) is 9.59 Å². The van der Waals surface area contributed by atoms with E-state index in [1.807, 2.05) is 35.2 Å². The number of amides is 2. The van der Waals surface area contributed by atoms with Gasteiger partial charge in [-0.15, -0.1) is 11.8 Å². The van der Waals surface area contributed by atoms with Gasteiger partial charge in [0.05, 0.1) is 16.5 Å². The summed E-state index contributed by atoms with van der Waals surface area (Å²) in [6.07, 6.45) is 0.810. The summed E-state index contributed by atoms with van der Waals surface area (Å²) in [5.41, 5.74) is 3.18. The molecule has 1 atom stereocenters. The first-order chi connectivity index (χ1) is 15.0. The van der Waals surface area contributed by atoms with Crippen molar-refractivity contribution in [3.63, 3.8) is 0 Å². The Morgan fingerprint density at radius 1 is 1.03 bits per heavy atom. The number of carbonyl (C=O) groups is 2. The lowest BCUT2D eigenvalue weighted by atomic mass is 10.1. The molecule has 3 aromatic rings. The zero-order valence-corrected chi connectivity index (χ0v) is 18.9. The van der Waals surface area contributed by atoms with Gasteiger partial charge >= 0.3 is 0 Å². The van der Waals surface area contributed by atoms with Crippen LogP contribution in [0.25, 0.3) is 0 Å². The molecule has 7 heteroatoms. The third-order valence-electron chi connectivity index (χ3n) is 5.09. The standard InChI is InChI=1S/C24H20Cl2N2O2S/c25-19-10-11-20(26)21(14-19)27-23(30)17-6-8-18(9-7-17)24-28(22(29)15-31-24)13-12-16-4-2-1-3-5-16/h1-11,14,24H,12-13,15H2,(H,27,30)/t24-/m1/s1. The van der Waals surface area contributed by atoms with E-state index in [0.717, 1.165) is 12.0 Å². The van der Waals surface area contributed by atoms with Gasteiger partial charge in [-0.05, 0) is 47.9 Å². The molecule has 1 fully saturated rings. The number of hydrogen-bond donors (Lipinski definition) is 1. The summed E-state index contributed by atoms with van der Waals surface area (Å²) >= 11 is 13.7. The van der Waals surface area contributed by atoms with Crippen molar-refractivity contribution in [3.05, 3.63) is 99.5 Å². The molecule has 0 spiro atoms. The largest absolute Gasteiger partial charge is 0.326 e. The normalized spacial score (nSPS) is 15.9. The number of anilines is 1. The van der Waals surface area contributed by atoms with Crippen molar-refractivity contribution in [1.29, 1.82) is 0 Å². The fraction of sp³-hybridized carbons (Fsp3) is 0.167. The summed E-state index contributed by atoms with van der Waals surface area (Å²) < 4.78 is 0. The molecule has 158 valence electrons. The maximum atomic E-state index is 12.6. The maximum Gasteiger partial charge on any atom is 0.255 e. The van der Waals surface area contributed by atoms with E-state index in [9.17, 15) is 9.59 Å². The number of halogens is 2. The van der Waals surface area contributed by atoms with Crippen LogP contribution in [0.5, 0.6) is 0 Å². The van der Waals surface area contributed by atoms with Crippen molar-refractivity contribution in [3.8, 4) is 0 Å². The van der Waals surface area contributed by atoms with E-state index in [0.29, 0.717) is 33.6 Å². The van der Waals surface area contributed by atoms with Crippen LogP contribution in [0, 0.1) is 0 Å². The van der Waals surface area contributed by atoms with Crippen molar-refractivity contribution < 1.29 is 9.59 Å². The van der Waals surface area contributed by atoms with Gasteiger partial charge in [0, 0.05) is 17.1 Å². The molecule has 1 N–H and O–H groups in total. The van der Waals surface area contributed by atoms with E-state index in [4.69, 9.17) is 23.2 Å². The highest BCUT2D eigenvalue weighted by atomic mass is 35.5. The van der Waals surface area contributed by atoms with Gasteiger partial charge < -0.3 is 10.2 Å². The van der Waals surface area contributed by atoms with Gasteiger partial charge in [0.15, 0.2) is 0 Å². The van der Waals surface area contributed by atoms with Gasteiger partial charge in [0.2, 0.25) is 5.91 Å². The number of thioether (sulfide) groups is 1. The molecule has 4 nitrogen and oxygen atoms in total. The lowest BCUT2D eigenvalue weighted by Gasteiger charge is -2.24. The molecule has 0 aliphatic carbocycles. The third-order valence-corrected chi connectivity index (χ3v) is 6.91. The quantitative estimate of drug-likeness (QED) is 0.475. The van der Waals surface area contributed by atoms with Crippen molar-refractivity contribution in [2.45, 2.75) is 11.8 Å². The smallest absolute Gasteiger partial charge is 0.255 e. The van der Waals surface area contributed by atoms with Crippen molar-refractivity contribution >= 4 is 52.5 Å². The van der Waals surface area contributed by atoms with Crippen LogP contribution in [0.1, 0.15) is 26.9 Å². The molecule has 1 saturated heterocycles. The fourth-order valence-electron chi connectivity index (χ4n) is 3.45. The Morgan fingerprint density at radius 3 is 2.52 bits per heavy atom. The Bertz CT molecular complexity index is 1090. The Labute approximate surface area is 195 Å². The molecule has 4 rings (SSSR count). The summed E-state index contributed by atoms with van der Waals surface area (Å²) in [7, 11) is 0. The zero-order chi connectivity index (χ0) is 21.8. The minimum Gasteiger partial charge on any atom is -0.326 e. The lowest BCUT2D eigenvalue weighted by molar-refractivity contribution is -0.128. The van der Waals surface area contributed by atoms with Gasteiger partial charge in [-0.25, -0.2) is 0 Å². The first-order valence-corrected chi connectivity index (χ1v) is 11.6. The molecule has 1 aliphatic heterocycles. The predicted molar refractivity (Wildman–Crippen MR) is 128 cm³/mol. The molecule has 31 heavy (non-hydrogen) atoms. The molecule has 1 heterocycles. The molecule has 2 amide bonds. The number of benzene rings is 3. The average Bonchev–Trinajstić information content (AvgIpc) is 3.16. The average molecular weight is 471 g/mol. The molecular formula is C24H20Cl2N2O2S. The summed E-state index contributed by atoms with van der Waals surface area (Å²) in [6, 6.07) is 22.4. The van der Waals surface area contributed by atoms with E-state index in [-0.39, 0.29) is 17.2 Å². The van der Waals surface area contributed by atoms with E-state index in [2.05, 4.69) is 17.4 Å². The Kier molecular flexibility index (Phi) is 6.86. The van der Waals surface area contributed by atoms with Crippen LogP contribution in [0.3, 0.4) is 0 Å². The van der Waals surface area contributed by atoms with E-state index in [1.54, 1.807) is 42.1 Å². The first kappa shape index (κ1) is 21.8. The molecule has 0 saturated carbocycles. The highest BCUT2D eigenvalue weighted by Crippen LogP contribution is 2.38. The summed E-state index contributed by atoms with van der Waals surface area (Å²) in [5.74, 6) is 0.338. The summed E-state index contributed by atoms with van der Waals surface area (Å²) in [4.78, 5) is 27.0. The Balaban J connectivity index is 1.44. The second-order valence-corrected chi connectivity index (χ2v) is 9.10. The molecule has 0 radical (unpaired) electrons. The molecule has 0 unspecified atom stereocenters. The van der Waals surface area contributed by atoms with E-state index < -0.39 is 0 Å². The number of nitrogens with zero attached hydrogens (tertiary/aromatic N) is 1. The molecule has 1 aliphatic rings. The summed E-state index contributed by atoms with van der Waals surface area (Å²) in [6.45, 7) is 0.663. The van der Waals surface area contributed by atoms with Crippen LogP contribution in [-0.2, 0) is 11.2 Å². The number of nitrogens with one attached hydrogen (secondary N) is 1. The Morgan fingerprint density at radius 2 is 1.77 bits per heavy atom. The predicted octanol–water partition coefficient (Wildman–Crippen LogP) is 6.06. The third kappa shape index (κ3) is 5.24. The van der Waals surface area contributed by atoms with Gasteiger partial charge in [0.25, 0.3) is 5.91 Å². The molecule has 0 aromatic heterocycles. The highest BCUT2D eigenvalue weighted by molar-refractivity contribution is 8.00. The molecule has 0 bridgehead atoms. The summed E-state index contributed by atoms with van der Waals surface area (Å²) in [5, 5.41) is 3.65. The zero-order valence-electron chi connectivity index (χ0n) is 16.6. The van der Waals surface area contributed by atoms with Gasteiger partial charge in [-0.1, -0.05) is 65.7 Å². The second kappa shape index (κ2) is 9.77. The van der Waals surface area contributed by atoms with Crippen LogP contribution < -0.4 is 5.32 Å². The van der Waals surface area contributed by atoms with Crippen molar-refractivity contribution in [2.75, 3.05) is 17.6 Å².